The maximum absolute atomic E-state index is 5.93. The van der Waals surface area contributed by atoms with Crippen molar-refractivity contribution < 1.29 is 0 Å². The van der Waals surface area contributed by atoms with Gasteiger partial charge < -0.3 is 11.5 Å². The molecule has 1 atom stereocenters. The van der Waals surface area contributed by atoms with Crippen LogP contribution in [0, 0.1) is 0 Å². The van der Waals surface area contributed by atoms with E-state index in [-0.39, 0.29) is 6.04 Å². The fourth-order valence-electron chi connectivity index (χ4n) is 1.81. The van der Waals surface area contributed by atoms with Gasteiger partial charge in [-0.05, 0) is 29.5 Å². The molecule has 0 aromatic heterocycles. The van der Waals surface area contributed by atoms with Crippen molar-refractivity contribution >= 4 is 0 Å². The number of fused-ring (bicyclic) bond motifs is 1. The van der Waals surface area contributed by atoms with Crippen molar-refractivity contribution in [2.24, 2.45) is 11.5 Å². The number of hydrogen-bond acceptors (Lipinski definition) is 2. The summed E-state index contributed by atoms with van der Waals surface area (Å²) in [6.07, 6.45) is 2.21. The van der Waals surface area contributed by atoms with Crippen LogP contribution in [-0.2, 0) is 13.0 Å². The van der Waals surface area contributed by atoms with Gasteiger partial charge in [0.2, 0.25) is 0 Å². The number of hydrogen-bond donors (Lipinski definition) is 2. The number of aryl methyl sites for hydroxylation is 1. The molecule has 2 nitrogen and oxygen atoms in total. The van der Waals surface area contributed by atoms with Crippen molar-refractivity contribution in [1.29, 1.82) is 0 Å². The van der Waals surface area contributed by atoms with E-state index in [1.165, 1.54) is 16.7 Å². The molecule has 1 unspecified atom stereocenters. The van der Waals surface area contributed by atoms with Crippen LogP contribution in [0.15, 0.2) is 18.2 Å². The van der Waals surface area contributed by atoms with Crippen LogP contribution in [0.3, 0.4) is 0 Å². The Morgan fingerprint density at radius 3 is 3.00 bits per heavy atom. The van der Waals surface area contributed by atoms with Gasteiger partial charge in [0.1, 0.15) is 0 Å². The van der Waals surface area contributed by atoms with Crippen LogP contribution >= 0.6 is 0 Å². The Bertz CT molecular complexity index is 294. The average Bonchev–Trinajstić information content (AvgIpc) is 2.47. The van der Waals surface area contributed by atoms with E-state index in [1.54, 1.807) is 0 Å². The quantitative estimate of drug-likeness (QED) is 0.649. The normalized spacial score (nSPS) is 21.0. The zero-order valence-electron chi connectivity index (χ0n) is 7.09. The molecule has 0 radical (unpaired) electrons. The first kappa shape index (κ1) is 7.77. The Balaban J connectivity index is 2.43. The van der Waals surface area contributed by atoms with Gasteiger partial charge in [0.25, 0.3) is 0 Å². The summed E-state index contributed by atoms with van der Waals surface area (Å²) in [6.45, 7) is 0.611. The lowest BCUT2D eigenvalue weighted by atomic mass is 10.0. The zero-order chi connectivity index (χ0) is 8.55. The molecule has 2 heteroatoms. The molecule has 0 heterocycles. The van der Waals surface area contributed by atoms with Crippen molar-refractivity contribution in [3.05, 3.63) is 34.9 Å². The van der Waals surface area contributed by atoms with E-state index in [2.05, 4.69) is 18.2 Å². The van der Waals surface area contributed by atoms with Gasteiger partial charge >= 0.3 is 0 Å². The molecule has 0 bridgehead atoms. The SMILES string of the molecule is NCc1ccc2c(c1)C(N)CC2. The van der Waals surface area contributed by atoms with Crippen molar-refractivity contribution in [3.8, 4) is 0 Å². The lowest BCUT2D eigenvalue weighted by Crippen LogP contribution is -2.06. The molecule has 1 aliphatic carbocycles. The fourth-order valence-corrected chi connectivity index (χ4v) is 1.81. The van der Waals surface area contributed by atoms with Crippen molar-refractivity contribution in [2.45, 2.75) is 25.4 Å². The third-order valence-electron chi connectivity index (χ3n) is 2.57. The Morgan fingerprint density at radius 2 is 2.25 bits per heavy atom. The van der Waals surface area contributed by atoms with Gasteiger partial charge in [0.15, 0.2) is 0 Å². The van der Waals surface area contributed by atoms with Crippen LogP contribution in [0.25, 0.3) is 0 Å². The predicted molar refractivity (Wildman–Crippen MR) is 49.6 cm³/mol. The predicted octanol–water partition coefficient (Wildman–Crippen LogP) is 1.09. The molecule has 0 saturated heterocycles. The van der Waals surface area contributed by atoms with Crippen LogP contribution in [-0.4, -0.2) is 0 Å². The molecule has 0 amide bonds. The summed E-state index contributed by atoms with van der Waals surface area (Å²) in [5.74, 6) is 0. The zero-order valence-corrected chi connectivity index (χ0v) is 7.09. The second kappa shape index (κ2) is 2.88. The molecule has 1 aromatic rings. The second-order valence-corrected chi connectivity index (χ2v) is 3.38. The Morgan fingerprint density at radius 1 is 1.42 bits per heavy atom. The molecule has 2 rings (SSSR count). The standard InChI is InChI=1S/C10H14N2/c11-6-7-1-2-8-3-4-10(12)9(8)5-7/h1-2,5,10H,3-4,6,11-12H2. The Hall–Kier alpha value is -0.860. The molecule has 1 aliphatic rings. The highest BCUT2D eigenvalue weighted by atomic mass is 14.6. The van der Waals surface area contributed by atoms with E-state index in [0.29, 0.717) is 6.54 Å². The Labute approximate surface area is 72.6 Å². The highest BCUT2D eigenvalue weighted by Crippen LogP contribution is 2.29. The maximum atomic E-state index is 5.93. The minimum atomic E-state index is 0.242. The van der Waals surface area contributed by atoms with Gasteiger partial charge in [-0.3, -0.25) is 0 Å². The summed E-state index contributed by atoms with van der Waals surface area (Å²) in [7, 11) is 0. The third-order valence-corrected chi connectivity index (χ3v) is 2.57. The van der Waals surface area contributed by atoms with Crippen molar-refractivity contribution in [1.82, 2.24) is 0 Å². The van der Waals surface area contributed by atoms with Gasteiger partial charge in [0.05, 0.1) is 0 Å². The smallest absolute Gasteiger partial charge is 0.0300 e. The molecular weight excluding hydrogens is 148 g/mol. The van der Waals surface area contributed by atoms with Gasteiger partial charge in [-0.2, -0.15) is 0 Å². The molecule has 12 heavy (non-hydrogen) atoms. The molecule has 1 aromatic carbocycles. The van der Waals surface area contributed by atoms with E-state index in [4.69, 9.17) is 11.5 Å². The van der Waals surface area contributed by atoms with E-state index in [0.717, 1.165) is 12.8 Å². The lowest BCUT2D eigenvalue weighted by molar-refractivity contribution is 0.713. The number of rotatable bonds is 1. The molecule has 0 fully saturated rings. The minimum absolute atomic E-state index is 0.242. The van der Waals surface area contributed by atoms with Crippen molar-refractivity contribution in [3.63, 3.8) is 0 Å². The van der Waals surface area contributed by atoms with Gasteiger partial charge in [0, 0.05) is 12.6 Å². The molecule has 0 spiro atoms. The first-order valence-electron chi connectivity index (χ1n) is 4.38. The monoisotopic (exact) mass is 162 g/mol. The topological polar surface area (TPSA) is 52.0 Å². The second-order valence-electron chi connectivity index (χ2n) is 3.38. The van der Waals surface area contributed by atoms with Gasteiger partial charge in [-0.25, -0.2) is 0 Å². The summed E-state index contributed by atoms with van der Waals surface area (Å²) in [4.78, 5) is 0. The maximum Gasteiger partial charge on any atom is 0.0300 e. The highest BCUT2D eigenvalue weighted by Gasteiger charge is 2.18. The summed E-state index contributed by atoms with van der Waals surface area (Å²) in [6, 6.07) is 6.64. The van der Waals surface area contributed by atoms with E-state index >= 15 is 0 Å². The van der Waals surface area contributed by atoms with Crippen LogP contribution in [0.2, 0.25) is 0 Å². The summed E-state index contributed by atoms with van der Waals surface area (Å²) in [5, 5.41) is 0. The molecular formula is C10H14N2. The fraction of sp³-hybridized carbons (Fsp3) is 0.400. The Kier molecular flexibility index (Phi) is 1.87. The molecule has 4 N–H and O–H groups in total. The summed E-state index contributed by atoms with van der Waals surface area (Å²) >= 11 is 0. The van der Waals surface area contributed by atoms with Crippen molar-refractivity contribution in [2.75, 3.05) is 0 Å². The largest absolute Gasteiger partial charge is 0.326 e. The van der Waals surface area contributed by atoms with Gasteiger partial charge in [-0.15, -0.1) is 0 Å². The number of benzene rings is 1. The highest BCUT2D eigenvalue weighted by molar-refractivity contribution is 5.37. The number of nitrogens with two attached hydrogens (primary N) is 2. The minimum Gasteiger partial charge on any atom is -0.326 e. The summed E-state index contributed by atoms with van der Waals surface area (Å²) < 4.78 is 0. The lowest BCUT2D eigenvalue weighted by Gasteiger charge is -2.06. The van der Waals surface area contributed by atoms with E-state index < -0.39 is 0 Å². The van der Waals surface area contributed by atoms with Crippen LogP contribution in [0.5, 0.6) is 0 Å². The molecule has 0 saturated carbocycles. The third kappa shape index (κ3) is 1.13. The average molecular weight is 162 g/mol. The van der Waals surface area contributed by atoms with Crippen LogP contribution in [0.4, 0.5) is 0 Å². The van der Waals surface area contributed by atoms with Gasteiger partial charge in [-0.1, -0.05) is 18.2 Å². The molecule has 64 valence electrons. The first-order valence-corrected chi connectivity index (χ1v) is 4.38. The summed E-state index contributed by atoms with van der Waals surface area (Å²) in [5.41, 5.74) is 15.4. The van der Waals surface area contributed by atoms with Crippen LogP contribution < -0.4 is 11.5 Å². The first-order chi connectivity index (χ1) is 5.81. The molecule has 0 aliphatic heterocycles. The van der Waals surface area contributed by atoms with E-state index in [1.807, 2.05) is 0 Å². The van der Waals surface area contributed by atoms with E-state index in [9.17, 15) is 0 Å². The van der Waals surface area contributed by atoms with Crippen LogP contribution in [0.1, 0.15) is 29.2 Å².